The smallest absolute Gasteiger partial charge is 0.0524 e. The van der Waals surface area contributed by atoms with Crippen LogP contribution >= 0.6 is 0 Å². The van der Waals surface area contributed by atoms with E-state index in [1.165, 1.54) is 31.5 Å². The Morgan fingerprint density at radius 1 is 1.46 bits per heavy atom. The van der Waals surface area contributed by atoms with Crippen molar-refractivity contribution in [1.82, 2.24) is 15.1 Å². The predicted octanol–water partition coefficient (Wildman–Crippen LogP) is 0.980. The van der Waals surface area contributed by atoms with Crippen LogP contribution in [0.5, 0.6) is 0 Å². The van der Waals surface area contributed by atoms with E-state index in [4.69, 9.17) is 0 Å². The topological polar surface area (TPSA) is 29.9 Å². The van der Waals surface area contributed by atoms with Gasteiger partial charge in [-0.25, -0.2) is 0 Å². The Labute approximate surface area is 78.1 Å². The van der Waals surface area contributed by atoms with Gasteiger partial charge in [0, 0.05) is 31.7 Å². The zero-order valence-corrected chi connectivity index (χ0v) is 7.74. The number of nitrogens with zero attached hydrogens (tertiary/aromatic N) is 2. The summed E-state index contributed by atoms with van der Waals surface area (Å²) in [5.74, 6) is 1.65. The summed E-state index contributed by atoms with van der Waals surface area (Å²) in [6, 6.07) is 0. The normalized spacial score (nSPS) is 23.1. The van der Waals surface area contributed by atoms with Crippen LogP contribution in [0.2, 0.25) is 0 Å². The zero-order valence-electron chi connectivity index (χ0n) is 7.74. The number of rotatable bonds is 3. The molecule has 2 aliphatic rings. The van der Waals surface area contributed by atoms with Crippen LogP contribution in [0.15, 0.2) is 12.4 Å². The average molecular weight is 177 g/mol. The Balaban J connectivity index is 1.66. The first-order chi connectivity index (χ1) is 6.42. The van der Waals surface area contributed by atoms with Gasteiger partial charge in [-0.1, -0.05) is 0 Å². The van der Waals surface area contributed by atoms with Gasteiger partial charge in [0.1, 0.15) is 0 Å². The van der Waals surface area contributed by atoms with Gasteiger partial charge in [-0.3, -0.25) is 4.68 Å². The molecular weight excluding hydrogens is 162 g/mol. The van der Waals surface area contributed by atoms with Gasteiger partial charge in [0.2, 0.25) is 0 Å². The van der Waals surface area contributed by atoms with E-state index < -0.39 is 0 Å². The van der Waals surface area contributed by atoms with Crippen LogP contribution < -0.4 is 5.32 Å². The second kappa shape index (κ2) is 2.84. The highest BCUT2D eigenvalue weighted by molar-refractivity contribution is 5.16. The van der Waals surface area contributed by atoms with Crippen LogP contribution in [0.25, 0.3) is 0 Å². The molecule has 0 unspecified atom stereocenters. The lowest BCUT2D eigenvalue weighted by Crippen LogP contribution is -2.44. The highest BCUT2D eigenvalue weighted by Gasteiger charge is 2.25. The maximum absolute atomic E-state index is 4.39. The van der Waals surface area contributed by atoms with Crippen molar-refractivity contribution >= 4 is 0 Å². The largest absolute Gasteiger partial charge is 0.316 e. The Kier molecular flexibility index (Phi) is 1.65. The summed E-state index contributed by atoms with van der Waals surface area (Å²) in [6.45, 7) is 3.43. The van der Waals surface area contributed by atoms with Crippen LogP contribution in [0.3, 0.4) is 0 Å². The first-order valence-electron chi connectivity index (χ1n) is 5.15. The van der Waals surface area contributed by atoms with E-state index in [2.05, 4.69) is 21.3 Å². The summed E-state index contributed by atoms with van der Waals surface area (Å²) < 4.78 is 2.11. The van der Waals surface area contributed by atoms with Gasteiger partial charge in [0.15, 0.2) is 0 Å². The summed E-state index contributed by atoms with van der Waals surface area (Å²) in [7, 11) is 0. The fourth-order valence-corrected chi connectivity index (χ4v) is 1.85. The molecule has 13 heavy (non-hydrogen) atoms. The minimum absolute atomic E-state index is 0.812. The minimum Gasteiger partial charge on any atom is -0.316 e. The van der Waals surface area contributed by atoms with E-state index in [1.54, 1.807) is 0 Å². The molecule has 0 bridgehead atoms. The lowest BCUT2D eigenvalue weighted by atomic mass is 10.0. The number of hydrogen-bond donors (Lipinski definition) is 1. The molecule has 2 fully saturated rings. The lowest BCUT2D eigenvalue weighted by molar-refractivity contribution is 0.295. The third-order valence-electron chi connectivity index (χ3n) is 3.01. The maximum Gasteiger partial charge on any atom is 0.0524 e. The number of nitrogens with one attached hydrogen (secondary N) is 1. The van der Waals surface area contributed by atoms with Gasteiger partial charge in [-0.2, -0.15) is 5.10 Å². The summed E-state index contributed by atoms with van der Waals surface area (Å²) in [6.07, 6.45) is 7.02. The Morgan fingerprint density at radius 3 is 2.92 bits per heavy atom. The van der Waals surface area contributed by atoms with Crippen LogP contribution in [-0.4, -0.2) is 22.9 Å². The lowest BCUT2D eigenvalue weighted by Gasteiger charge is -2.26. The molecule has 3 nitrogen and oxygen atoms in total. The van der Waals surface area contributed by atoms with Crippen LogP contribution in [-0.2, 0) is 6.54 Å². The van der Waals surface area contributed by atoms with Crippen molar-refractivity contribution in [1.29, 1.82) is 0 Å². The molecule has 1 N–H and O–H groups in total. The van der Waals surface area contributed by atoms with Crippen molar-refractivity contribution in [2.24, 2.45) is 5.92 Å². The molecule has 1 saturated carbocycles. The second-order valence-electron chi connectivity index (χ2n) is 4.29. The predicted molar refractivity (Wildman–Crippen MR) is 50.6 cm³/mol. The standard InChI is InChI=1S/C10H15N3/c1-2-9(1)10-5-12-13(7-10)6-8-3-11-4-8/h5,7-9,11H,1-4,6H2. The molecule has 0 spiro atoms. The fraction of sp³-hybridized carbons (Fsp3) is 0.700. The SMILES string of the molecule is c1nn(CC2CNC2)cc1C1CC1. The first kappa shape index (κ1) is 7.56. The van der Waals surface area contributed by atoms with Crippen molar-refractivity contribution in [3.05, 3.63) is 18.0 Å². The van der Waals surface area contributed by atoms with Crippen molar-refractivity contribution in [3.63, 3.8) is 0 Å². The van der Waals surface area contributed by atoms with E-state index in [0.717, 1.165) is 18.4 Å². The molecule has 0 aromatic carbocycles. The van der Waals surface area contributed by atoms with Crippen molar-refractivity contribution in [3.8, 4) is 0 Å². The molecular formula is C10H15N3. The van der Waals surface area contributed by atoms with Crippen LogP contribution in [0.4, 0.5) is 0 Å². The molecule has 1 saturated heterocycles. The van der Waals surface area contributed by atoms with Gasteiger partial charge in [-0.05, 0) is 24.3 Å². The maximum atomic E-state index is 4.39. The summed E-state index contributed by atoms with van der Waals surface area (Å²) in [5.41, 5.74) is 1.45. The van der Waals surface area contributed by atoms with Gasteiger partial charge in [-0.15, -0.1) is 0 Å². The van der Waals surface area contributed by atoms with E-state index in [0.29, 0.717) is 0 Å². The molecule has 1 aromatic heterocycles. The van der Waals surface area contributed by atoms with Crippen molar-refractivity contribution in [2.45, 2.75) is 25.3 Å². The third kappa shape index (κ3) is 1.48. The van der Waals surface area contributed by atoms with E-state index in [-0.39, 0.29) is 0 Å². The number of hydrogen-bond acceptors (Lipinski definition) is 2. The molecule has 1 aromatic rings. The minimum atomic E-state index is 0.812. The Morgan fingerprint density at radius 2 is 2.31 bits per heavy atom. The Hall–Kier alpha value is -0.830. The van der Waals surface area contributed by atoms with Crippen molar-refractivity contribution < 1.29 is 0 Å². The van der Waals surface area contributed by atoms with Crippen LogP contribution in [0.1, 0.15) is 24.3 Å². The van der Waals surface area contributed by atoms with Crippen LogP contribution in [0, 0.1) is 5.92 Å². The van der Waals surface area contributed by atoms with E-state index in [9.17, 15) is 0 Å². The highest BCUT2D eigenvalue weighted by atomic mass is 15.3. The molecule has 0 amide bonds. The molecule has 0 atom stereocenters. The fourth-order valence-electron chi connectivity index (χ4n) is 1.85. The van der Waals surface area contributed by atoms with E-state index in [1.807, 2.05) is 6.20 Å². The molecule has 3 heteroatoms. The average Bonchev–Trinajstić information content (AvgIpc) is 2.80. The van der Waals surface area contributed by atoms with E-state index >= 15 is 0 Å². The van der Waals surface area contributed by atoms with Gasteiger partial charge < -0.3 is 5.32 Å². The summed E-state index contributed by atoms with van der Waals surface area (Å²) in [5, 5.41) is 7.67. The second-order valence-corrected chi connectivity index (χ2v) is 4.29. The van der Waals surface area contributed by atoms with Gasteiger partial charge in [0.25, 0.3) is 0 Å². The Bertz CT molecular complexity index is 297. The summed E-state index contributed by atoms with van der Waals surface area (Å²) in [4.78, 5) is 0. The molecule has 70 valence electrons. The third-order valence-corrected chi connectivity index (χ3v) is 3.01. The number of aromatic nitrogens is 2. The molecule has 2 heterocycles. The first-order valence-corrected chi connectivity index (χ1v) is 5.15. The summed E-state index contributed by atoms with van der Waals surface area (Å²) >= 11 is 0. The van der Waals surface area contributed by atoms with Gasteiger partial charge >= 0.3 is 0 Å². The highest BCUT2D eigenvalue weighted by Crippen LogP contribution is 2.39. The molecule has 3 rings (SSSR count). The van der Waals surface area contributed by atoms with Gasteiger partial charge in [0.05, 0.1) is 6.20 Å². The molecule has 1 aliphatic carbocycles. The molecule has 0 radical (unpaired) electrons. The van der Waals surface area contributed by atoms with Crippen molar-refractivity contribution in [2.75, 3.05) is 13.1 Å². The quantitative estimate of drug-likeness (QED) is 0.746. The monoisotopic (exact) mass is 177 g/mol. The zero-order chi connectivity index (χ0) is 8.67. The molecule has 1 aliphatic heterocycles.